The number of nitrogens with zero attached hydrogens (tertiary/aromatic N) is 2. The largest absolute Gasteiger partial charge is 0.373 e. The fourth-order valence-corrected chi connectivity index (χ4v) is 2.16. The van der Waals surface area contributed by atoms with Gasteiger partial charge in [-0.15, -0.1) is 0 Å². The minimum atomic E-state index is 0.0328. The average Bonchev–Trinajstić information content (AvgIpc) is 2.37. The molecule has 94 valence electrons. The molecule has 1 heterocycles. The number of carbonyl (C=O) groups is 1. The van der Waals surface area contributed by atoms with E-state index >= 15 is 0 Å². The van der Waals surface area contributed by atoms with Gasteiger partial charge < -0.3 is 10.2 Å². The van der Waals surface area contributed by atoms with Gasteiger partial charge in [0, 0.05) is 37.7 Å². The number of amides is 1. The van der Waals surface area contributed by atoms with E-state index in [4.69, 9.17) is 0 Å². The second-order valence-corrected chi connectivity index (χ2v) is 4.81. The molecule has 1 aromatic rings. The lowest BCUT2D eigenvalue weighted by Crippen LogP contribution is -2.36. The first kappa shape index (κ1) is 13.8. The van der Waals surface area contributed by atoms with Gasteiger partial charge in [0.15, 0.2) is 0 Å². The maximum absolute atomic E-state index is 12.2. The number of aromatic nitrogens is 1. The molecule has 0 aromatic carbocycles. The average molecular weight is 253 g/mol. The molecule has 17 heavy (non-hydrogen) atoms. The summed E-state index contributed by atoms with van der Waals surface area (Å²) >= 11 is 1.74. The third-order valence-corrected chi connectivity index (χ3v) is 3.47. The van der Waals surface area contributed by atoms with Gasteiger partial charge in [-0.25, -0.2) is 4.98 Å². The van der Waals surface area contributed by atoms with Gasteiger partial charge >= 0.3 is 0 Å². The fraction of sp³-hybridized carbons (Fsp3) is 0.500. The highest BCUT2D eigenvalue weighted by atomic mass is 32.2. The lowest BCUT2D eigenvalue weighted by Gasteiger charge is -2.24. The Morgan fingerprint density at radius 2 is 2.35 bits per heavy atom. The summed E-state index contributed by atoms with van der Waals surface area (Å²) in [6.45, 7) is 2.05. The van der Waals surface area contributed by atoms with Crippen LogP contribution in [0, 0.1) is 0 Å². The highest BCUT2D eigenvalue weighted by Gasteiger charge is 2.17. The van der Waals surface area contributed by atoms with Crippen LogP contribution >= 0.6 is 11.8 Å². The number of anilines is 1. The SMILES string of the molecule is CNc1cc(C(=O)N(C)C(C)CSC)ccn1. The van der Waals surface area contributed by atoms with Crippen molar-refractivity contribution in [3.63, 3.8) is 0 Å². The van der Waals surface area contributed by atoms with Crippen LogP contribution in [0.1, 0.15) is 17.3 Å². The van der Waals surface area contributed by atoms with E-state index in [2.05, 4.69) is 17.2 Å². The minimum absolute atomic E-state index is 0.0328. The zero-order valence-electron chi connectivity index (χ0n) is 10.7. The van der Waals surface area contributed by atoms with Crippen LogP contribution in [0.5, 0.6) is 0 Å². The van der Waals surface area contributed by atoms with Crippen LogP contribution in [0.3, 0.4) is 0 Å². The van der Waals surface area contributed by atoms with Gasteiger partial charge in [0.1, 0.15) is 5.82 Å². The predicted octanol–water partition coefficient (Wildman–Crippen LogP) is 1.95. The molecular formula is C12H19N3OS. The first-order valence-electron chi connectivity index (χ1n) is 5.50. The van der Waals surface area contributed by atoms with Crippen molar-refractivity contribution in [2.75, 3.05) is 31.4 Å². The molecule has 0 spiro atoms. The molecule has 1 unspecified atom stereocenters. The maximum Gasteiger partial charge on any atom is 0.254 e. The number of pyridine rings is 1. The van der Waals surface area contributed by atoms with Crippen molar-refractivity contribution >= 4 is 23.5 Å². The third-order valence-electron chi connectivity index (χ3n) is 2.65. The molecule has 1 rings (SSSR count). The van der Waals surface area contributed by atoms with Gasteiger partial charge in [0.2, 0.25) is 0 Å². The summed E-state index contributed by atoms with van der Waals surface area (Å²) in [7, 11) is 3.62. The van der Waals surface area contributed by atoms with Crippen LogP contribution in [0.25, 0.3) is 0 Å². The van der Waals surface area contributed by atoms with E-state index in [1.54, 1.807) is 42.0 Å². The van der Waals surface area contributed by atoms with Crippen LogP contribution in [0.15, 0.2) is 18.3 Å². The Bertz CT molecular complexity index is 384. The summed E-state index contributed by atoms with van der Waals surface area (Å²) in [6.07, 6.45) is 3.69. The molecule has 4 nitrogen and oxygen atoms in total. The molecule has 0 radical (unpaired) electrons. The number of thioether (sulfide) groups is 1. The van der Waals surface area contributed by atoms with Gasteiger partial charge in [0.05, 0.1) is 0 Å². The molecule has 0 saturated carbocycles. The second kappa shape index (κ2) is 6.49. The van der Waals surface area contributed by atoms with Gasteiger partial charge in [-0.05, 0) is 25.3 Å². The monoisotopic (exact) mass is 253 g/mol. The third kappa shape index (κ3) is 3.63. The molecular weight excluding hydrogens is 234 g/mol. The first-order chi connectivity index (χ1) is 8.10. The molecule has 0 fully saturated rings. The van der Waals surface area contributed by atoms with Gasteiger partial charge in [-0.1, -0.05) is 0 Å². The molecule has 1 aromatic heterocycles. The smallest absolute Gasteiger partial charge is 0.254 e. The van der Waals surface area contributed by atoms with Crippen molar-refractivity contribution in [2.24, 2.45) is 0 Å². The Kier molecular flexibility index (Phi) is 5.28. The number of carbonyl (C=O) groups excluding carboxylic acids is 1. The molecule has 1 N–H and O–H groups in total. The number of rotatable bonds is 5. The number of hydrogen-bond donors (Lipinski definition) is 1. The lowest BCUT2D eigenvalue weighted by atomic mass is 10.2. The van der Waals surface area contributed by atoms with Crippen LogP contribution in [-0.2, 0) is 0 Å². The molecule has 1 amide bonds. The van der Waals surface area contributed by atoms with Crippen molar-refractivity contribution in [2.45, 2.75) is 13.0 Å². The summed E-state index contributed by atoms with van der Waals surface area (Å²) in [4.78, 5) is 18.1. The number of nitrogens with one attached hydrogen (secondary N) is 1. The van der Waals surface area contributed by atoms with E-state index in [1.165, 1.54) is 0 Å². The van der Waals surface area contributed by atoms with E-state index in [0.29, 0.717) is 11.4 Å². The summed E-state index contributed by atoms with van der Waals surface area (Å²) in [6, 6.07) is 3.74. The zero-order valence-corrected chi connectivity index (χ0v) is 11.5. The standard InChI is InChI=1S/C12H19N3OS/c1-9(8-17-4)15(3)12(16)10-5-6-14-11(7-10)13-2/h5-7,9H,8H2,1-4H3,(H,13,14). The Morgan fingerprint density at radius 1 is 1.65 bits per heavy atom. The molecule has 1 atom stereocenters. The van der Waals surface area contributed by atoms with E-state index in [-0.39, 0.29) is 11.9 Å². The quantitative estimate of drug-likeness (QED) is 0.871. The lowest BCUT2D eigenvalue weighted by molar-refractivity contribution is 0.0757. The summed E-state index contributed by atoms with van der Waals surface area (Å²) < 4.78 is 0. The first-order valence-corrected chi connectivity index (χ1v) is 6.89. The number of hydrogen-bond acceptors (Lipinski definition) is 4. The van der Waals surface area contributed by atoms with Crippen molar-refractivity contribution in [3.8, 4) is 0 Å². The zero-order chi connectivity index (χ0) is 12.8. The Hall–Kier alpha value is -1.23. The van der Waals surface area contributed by atoms with Crippen molar-refractivity contribution < 1.29 is 4.79 Å². The van der Waals surface area contributed by atoms with Crippen LogP contribution < -0.4 is 5.32 Å². The van der Waals surface area contributed by atoms with E-state index in [1.807, 2.05) is 13.3 Å². The normalized spacial score (nSPS) is 12.0. The van der Waals surface area contributed by atoms with E-state index in [9.17, 15) is 4.79 Å². The second-order valence-electron chi connectivity index (χ2n) is 3.90. The Balaban J connectivity index is 2.80. The molecule has 0 aliphatic heterocycles. The summed E-state index contributed by atoms with van der Waals surface area (Å²) in [5, 5.41) is 2.93. The highest BCUT2D eigenvalue weighted by molar-refractivity contribution is 7.98. The minimum Gasteiger partial charge on any atom is -0.373 e. The summed E-state index contributed by atoms with van der Waals surface area (Å²) in [5.41, 5.74) is 0.666. The summed E-state index contributed by atoms with van der Waals surface area (Å²) in [5.74, 6) is 1.68. The molecule has 0 saturated heterocycles. The maximum atomic E-state index is 12.2. The molecule has 5 heteroatoms. The topological polar surface area (TPSA) is 45.2 Å². The van der Waals surface area contributed by atoms with Crippen LogP contribution in [-0.4, -0.2) is 47.9 Å². The molecule has 0 bridgehead atoms. The van der Waals surface area contributed by atoms with Gasteiger partial charge in [-0.2, -0.15) is 11.8 Å². The van der Waals surface area contributed by atoms with Crippen LogP contribution in [0.2, 0.25) is 0 Å². The predicted molar refractivity (Wildman–Crippen MR) is 73.7 cm³/mol. The Labute approximate surface area is 107 Å². The van der Waals surface area contributed by atoms with Crippen molar-refractivity contribution in [1.29, 1.82) is 0 Å². The van der Waals surface area contributed by atoms with E-state index < -0.39 is 0 Å². The van der Waals surface area contributed by atoms with Crippen LogP contribution in [0.4, 0.5) is 5.82 Å². The fourth-order valence-electron chi connectivity index (χ4n) is 1.46. The van der Waals surface area contributed by atoms with E-state index in [0.717, 1.165) is 5.75 Å². The van der Waals surface area contributed by atoms with Gasteiger partial charge in [-0.3, -0.25) is 4.79 Å². The van der Waals surface area contributed by atoms with Gasteiger partial charge in [0.25, 0.3) is 5.91 Å². The Morgan fingerprint density at radius 3 is 2.94 bits per heavy atom. The molecule has 0 aliphatic rings. The highest BCUT2D eigenvalue weighted by Crippen LogP contribution is 2.11. The molecule has 0 aliphatic carbocycles. The van der Waals surface area contributed by atoms with Crippen molar-refractivity contribution in [3.05, 3.63) is 23.9 Å². The van der Waals surface area contributed by atoms with Crippen molar-refractivity contribution in [1.82, 2.24) is 9.88 Å².